The predicted octanol–water partition coefficient (Wildman–Crippen LogP) is 5.32. The Morgan fingerprint density at radius 1 is 0.500 bits per heavy atom. The molecular weight excluding hydrogens is 168 g/mol. The minimum absolute atomic E-state index is 2.00. The van der Waals surface area contributed by atoms with Gasteiger partial charge in [-0.3, -0.25) is 0 Å². The van der Waals surface area contributed by atoms with Crippen LogP contribution in [0.4, 0.5) is 0 Å². The number of hydrogen-bond acceptors (Lipinski definition) is 0. The Bertz CT molecular complexity index is 120. The lowest BCUT2D eigenvalue weighted by Gasteiger charge is -1.69. The second-order valence-electron chi connectivity index (χ2n) is 1.82. The second kappa shape index (κ2) is 29.7. The molecule has 1 aromatic carbocycles. The molecule has 0 aliphatic carbocycles. The maximum Gasteiger partial charge on any atom is -0.0470 e. The van der Waals surface area contributed by atoms with Crippen LogP contribution >= 0.6 is 0 Å². The zero-order chi connectivity index (χ0) is 11.7. The molecule has 0 amide bonds. The van der Waals surface area contributed by atoms with Crippen molar-refractivity contribution in [2.45, 2.75) is 41.5 Å². The molecule has 0 N–H and O–H groups in total. The molecule has 0 bridgehead atoms. The molecule has 82 valence electrons. The van der Waals surface area contributed by atoms with Gasteiger partial charge in [-0.1, -0.05) is 76.2 Å². The van der Waals surface area contributed by atoms with Crippen LogP contribution in [0.1, 0.15) is 41.5 Å². The highest BCUT2D eigenvalue weighted by Gasteiger charge is 1.57. The second-order valence-corrected chi connectivity index (χ2v) is 1.82. The van der Waals surface area contributed by atoms with E-state index in [-0.39, 0.29) is 0 Å². The van der Waals surface area contributed by atoms with Gasteiger partial charge in [0.1, 0.15) is 0 Å². The van der Waals surface area contributed by atoms with Crippen molar-refractivity contribution in [3.63, 3.8) is 0 Å². The highest BCUT2D eigenvalue weighted by molar-refractivity contribution is 4.99. The van der Waals surface area contributed by atoms with Gasteiger partial charge in [0.15, 0.2) is 0 Å². The van der Waals surface area contributed by atoms with E-state index in [1.165, 1.54) is 0 Å². The quantitative estimate of drug-likeness (QED) is 0.490. The zero-order valence-corrected chi connectivity index (χ0v) is 10.6. The molecule has 0 aromatic heterocycles. The summed E-state index contributed by atoms with van der Waals surface area (Å²) >= 11 is 0. The molecule has 1 aromatic rings. The number of allylic oxidation sites excluding steroid dienone is 2. The summed E-state index contributed by atoms with van der Waals surface area (Å²) < 4.78 is 0. The Labute approximate surface area is 90.7 Å². The van der Waals surface area contributed by atoms with Gasteiger partial charge in [0.25, 0.3) is 0 Å². The van der Waals surface area contributed by atoms with E-state index in [4.69, 9.17) is 0 Å². The van der Waals surface area contributed by atoms with Crippen LogP contribution in [0, 0.1) is 0 Å². The van der Waals surface area contributed by atoms with Crippen molar-refractivity contribution >= 4 is 0 Å². The van der Waals surface area contributed by atoms with Gasteiger partial charge in [0.05, 0.1) is 0 Å². The fraction of sp³-hybridized carbons (Fsp3) is 0.429. The van der Waals surface area contributed by atoms with Crippen LogP contribution in [0.3, 0.4) is 0 Å². The Hall–Kier alpha value is -1.04. The van der Waals surface area contributed by atoms with E-state index in [1.807, 2.05) is 90.1 Å². The first kappa shape index (κ1) is 18.7. The molecule has 0 radical (unpaired) electrons. The third kappa shape index (κ3) is 30.6. The Balaban J connectivity index is -0.000000134. The molecule has 14 heavy (non-hydrogen) atoms. The third-order valence-corrected chi connectivity index (χ3v) is 1.00. The van der Waals surface area contributed by atoms with Crippen LogP contribution in [0.15, 0.2) is 48.6 Å². The Morgan fingerprint density at radius 2 is 0.643 bits per heavy atom. The zero-order valence-electron chi connectivity index (χ0n) is 10.6. The molecule has 0 aliphatic heterocycles. The van der Waals surface area contributed by atoms with Crippen LogP contribution in [-0.2, 0) is 0 Å². The molecule has 0 unspecified atom stereocenters. The van der Waals surface area contributed by atoms with Crippen molar-refractivity contribution in [3.8, 4) is 0 Å². The average molecular weight is 194 g/mol. The van der Waals surface area contributed by atoms with E-state index < -0.39 is 0 Å². The van der Waals surface area contributed by atoms with Crippen LogP contribution in [-0.4, -0.2) is 0 Å². The van der Waals surface area contributed by atoms with Crippen molar-refractivity contribution in [2.24, 2.45) is 0 Å². The molecule has 0 fully saturated rings. The maximum absolute atomic E-state index is 2.00. The first-order valence-electron chi connectivity index (χ1n) is 5.49. The van der Waals surface area contributed by atoms with E-state index in [0.29, 0.717) is 0 Å². The monoisotopic (exact) mass is 194 g/mol. The largest absolute Gasteiger partial charge is 0.0919 e. The van der Waals surface area contributed by atoms with Crippen molar-refractivity contribution in [1.29, 1.82) is 0 Å². The van der Waals surface area contributed by atoms with Crippen molar-refractivity contribution in [1.82, 2.24) is 0 Å². The Kier molecular flexibility index (Phi) is 39.6. The first-order valence-corrected chi connectivity index (χ1v) is 5.49. The third-order valence-electron chi connectivity index (χ3n) is 1.00. The summed E-state index contributed by atoms with van der Waals surface area (Å²) in [4.78, 5) is 0. The van der Waals surface area contributed by atoms with Gasteiger partial charge in [-0.25, -0.2) is 0 Å². The number of hydrogen-bond donors (Lipinski definition) is 0. The summed E-state index contributed by atoms with van der Waals surface area (Å²) in [6.07, 6.45) is 4.00. The summed E-state index contributed by atoms with van der Waals surface area (Å²) in [5, 5.41) is 0. The lowest BCUT2D eigenvalue weighted by atomic mass is 10.4. The summed E-state index contributed by atoms with van der Waals surface area (Å²) in [6, 6.07) is 12.0. The highest BCUT2D eigenvalue weighted by atomic mass is 13.6. The predicted molar refractivity (Wildman–Crippen MR) is 69.6 cm³/mol. The SMILES string of the molecule is C/C=C/C.CC.CC.c1ccccc1. The average Bonchev–Trinajstić information content (AvgIpc) is 2.36. The minimum Gasteiger partial charge on any atom is -0.0919 e. The molecule has 0 atom stereocenters. The summed E-state index contributed by atoms with van der Waals surface area (Å²) in [5.74, 6) is 0. The fourth-order valence-electron chi connectivity index (χ4n) is 0.385. The topological polar surface area (TPSA) is 0 Å². The molecule has 0 heterocycles. The number of benzene rings is 1. The van der Waals surface area contributed by atoms with Crippen molar-refractivity contribution < 1.29 is 0 Å². The molecular formula is C14H26. The lowest BCUT2D eigenvalue weighted by Crippen LogP contribution is -1.47. The molecule has 0 saturated heterocycles. The van der Waals surface area contributed by atoms with E-state index in [9.17, 15) is 0 Å². The van der Waals surface area contributed by atoms with E-state index in [1.54, 1.807) is 0 Å². The molecule has 0 aliphatic rings. The van der Waals surface area contributed by atoms with Crippen LogP contribution in [0.2, 0.25) is 0 Å². The maximum atomic E-state index is 2.00. The van der Waals surface area contributed by atoms with Crippen LogP contribution < -0.4 is 0 Å². The fourth-order valence-corrected chi connectivity index (χ4v) is 0.385. The summed E-state index contributed by atoms with van der Waals surface area (Å²) in [7, 11) is 0. The molecule has 0 saturated carbocycles. The Morgan fingerprint density at radius 3 is 0.714 bits per heavy atom. The van der Waals surface area contributed by atoms with Crippen molar-refractivity contribution in [3.05, 3.63) is 48.6 Å². The molecule has 0 heteroatoms. The highest BCUT2D eigenvalue weighted by Crippen LogP contribution is 1.79. The minimum atomic E-state index is 2.00. The van der Waals surface area contributed by atoms with Gasteiger partial charge in [0, 0.05) is 0 Å². The summed E-state index contributed by atoms with van der Waals surface area (Å²) in [6.45, 7) is 12.0. The van der Waals surface area contributed by atoms with Gasteiger partial charge < -0.3 is 0 Å². The normalized spacial score (nSPS) is 7.00. The van der Waals surface area contributed by atoms with Crippen LogP contribution in [0.25, 0.3) is 0 Å². The van der Waals surface area contributed by atoms with Gasteiger partial charge in [-0.15, -0.1) is 0 Å². The summed E-state index contributed by atoms with van der Waals surface area (Å²) in [5.41, 5.74) is 0. The van der Waals surface area contributed by atoms with Gasteiger partial charge in [0.2, 0.25) is 0 Å². The van der Waals surface area contributed by atoms with E-state index in [0.717, 1.165) is 0 Å². The van der Waals surface area contributed by atoms with Gasteiger partial charge in [-0.05, 0) is 13.8 Å². The van der Waals surface area contributed by atoms with E-state index in [2.05, 4.69) is 0 Å². The van der Waals surface area contributed by atoms with E-state index >= 15 is 0 Å². The lowest BCUT2D eigenvalue weighted by molar-refractivity contribution is 1.50. The van der Waals surface area contributed by atoms with Crippen LogP contribution in [0.5, 0.6) is 0 Å². The number of rotatable bonds is 0. The molecule has 0 spiro atoms. The first-order chi connectivity index (χ1) is 6.91. The molecule has 1 rings (SSSR count). The molecule has 0 nitrogen and oxygen atoms in total. The van der Waals surface area contributed by atoms with Gasteiger partial charge >= 0.3 is 0 Å². The smallest absolute Gasteiger partial charge is 0.0470 e. The van der Waals surface area contributed by atoms with Crippen molar-refractivity contribution in [2.75, 3.05) is 0 Å². The standard InChI is InChI=1S/C6H6.C4H8.2C2H6/c1-2-4-6-5-3-1;1-3-4-2;2*1-2/h1-6H;3-4H,1-2H3;2*1-2H3/b;4-3+;;. The van der Waals surface area contributed by atoms with Gasteiger partial charge in [-0.2, -0.15) is 0 Å².